The number of hydrogen-bond donors (Lipinski definition) is 1. The quantitative estimate of drug-likeness (QED) is 0.788. The first-order valence-electron chi connectivity index (χ1n) is 6.16. The molecule has 0 atom stereocenters. The molecule has 102 valence electrons. The molecule has 0 aliphatic carbocycles. The van der Waals surface area contributed by atoms with Crippen molar-refractivity contribution in [3.8, 4) is 5.75 Å². The highest BCUT2D eigenvalue weighted by Gasteiger charge is 2.13. The van der Waals surface area contributed by atoms with Gasteiger partial charge in [0.1, 0.15) is 11.6 Å². The van der Waals surface area contributed by atoms with Gasteiger partial charge < -0.3 is 19.8 Å². The molecule has 20 heavy (non-hydrogen) atoms. The molecule has 0 fully saturated rings. The van der Waals surface area contributed by atoms with Crippen LogP contribution in [-0.4, -0.2) is 28.5 Å². The fourth-order valence-electron chi connectivity index (χ4n) is 2.10. The number of hydrogen-bond acceptors (Lipinski definition) is 5. The van der Waals surface area contributed by atoms with Gasteiger partial charge in [-0.15, -0.1) is 0 Å². The molecule has 2 N–H and O–H groups in total. The Morgan fingerprint density at radius 3 is 3.00 bits per heavy atom. The molecule has 3 rings (SSSR count). The van der Waals surface area contributed by atoms with Gasteiger partial charge in [0.2, 0.25) is 0 Å². The minimum absolute atomic E-state index is 0.445. The fraction of sp³-hybridized carbons (Fsp3) is 0.143. The van der Waals surface area contributed by atoms with Gasteiger partial charge in [-0.2, -0.15) is 0 Å². The third kappa shape index (κ3) is 2.01. The molecule has 1 aromatic carbocycles. The Morgan fingerprint density at radius 1 is 1.35 bits per heavy atom. The standard InChI is InChI=1S/C14H15N5O/c1-18(10-4-3-5-11(8-10)20-2)14-13-16-6-7-19(13)9-12(15)17-14/h3-9H,15H2,1-2H3. The van der Waals surface area contributed by atoms with Crippen LogP contribution in [-0.2, 0) is 0 Å². The monoisotopic (exact) mass is 269 g/mol. The molecule has 2 heterocycles. The van der Waals surface area contributed by atoms with Crippen molar-refractivity contribution in [3.05, 3.63) is 42.9 Å². The van der Waals surface area contributed by atoms with E-state index in [0.29, 0.717) is 11.6 Å². The largest absolute Gasteiger partial charge is 0.497 e. The van der Waals surface area contributed by atoms with Crippen LogP contribution >= 0.6 is 0 Å². The predicted molar refractivity (Wildman–Crippen MR) is 78.5 cm³/mol. The van der Waals surface area contributed by atoms with Crippen LogP contribution in [0.2, 0.25) is 0 Å². The number of imidazole rings is 1. The van der Waals surface area contributed by atoms with Crippen molar-refractivity contribution < 1.29 is 4.74 Å². The second kappa shape index (κ2) is 4.73. The Morgan fingerprint density at radius 2 is 2.20 bits per heavy atom. The van der Waals surface area contributed by atoms with Crippen molar-refractivity contribution >= 4 is 23.0 Å². The van der Waals surface area contributed by atoms with E-state index in [1.807, 2.05) is 46.8 Å². The SMILES string of the molecule is COc1cccc(N(C)c2nc(N)cn3ccnc23)c1. The molecule has 0 radical (unpaired) electrons. The molecule has 0 aliphatic rings. The second-order valence-corrected chi connectivity index (χ2v) is 4.41. The summed E-state index contributed by atoms with van der Waals surface area (Å²) in [7, 11) is 3.57. The van der Waals surface area contributed by atoms with E-state index >= 15 is 0 Å². The molecule has 0 spiro atoms. The Bertz CT molecular complexity index is 752. The summed E-state index contributed by atoms with van der Waals surface area (Å²) in [6, 6.07) is 7.74. The lowest BCUT2D eigenvalue weighted by atomic mass is 10.3. The summed E-state index contributed by atoms with van der Waals surface area (Å²) in [5.74, 6) is 1.93. The zero-order valence-electron chi connectivity index (χ0n) is 11.3. The molecule has 0 saturated carbocycles. The van der Waals surface area contributed by atoms with Crippen molar-refractivity contribution in [2.24, 2.45) is 0 Å². The van der Waals surface area contributed by atoms with Crippen LogP contribution in [0, 0.1) is 0 Å². The highest BCUT2D eigenvalue weighted by molar-refractivity contribution is 5.73. The number of rotatable bonds is 3. The van der Waals surface area contributed by atoms with Crippen molar-refractivity contribution in [1.82, 2.24) is 14.4 Å². The molecule has 0 unspecified atom stereocenters. The van der Waals surface area contributed by atoms with Crippen molar-refractivity contribution in [1.29, 1.82) is 0 Å². The summed E-state index contributed by atoms with van der Waals surface area (Å²) in [6.45, 7) is 0. The lowest BCUT2D eigenvalue weighted by Gasteiger charge is -2.19. The van der Waals surface area contributed by atoms with E-state index in [9.17, 15) is 0 Å². The van der Waals surface area contributed by atoms with E-state index in [1.54, 1.807) is 19.5 Å². The number of ether oxygens (including phenoxy) is 1. The Hall–Kier alpha value is -2.76. The minimum Gasteiger partial charge on any atom is -0.497 e. The summed E-state index contributed by atoms with van der Waals surface area (Å²) in [6.07, 6.45) is 5.31. The first kappa shape index (κ1) is 12.3. The zero-order chi connectivity index (χ0) is 14.1. The molecule has 0 saturated heterocycles. The number of nitrogen functional groups attached to an aromatic ring is 1. The molecular formula is C14H15N5O. The lowest BCUT2D eigenvalue weighted by molar-refractivity contribution is 0.415. The van der Waals surface area contributed by atoms with Gasteiger partial charge >= 0.3 is 0 Å². The maximum Gasteiger partial charge on any atom is 0.180 e. The Balaban J connectivity index is 2.11. The van der Waals surface area contributed by atoms with Gasteiger partial charge in [-0.3, -0.25) is 0 Å². The fourth-order valence-corrected chi connectivity index (χ4v) is 2.10. The maximum absolute atomic E-state index is 5.84. The van der Waals surface area contributed by atoms with E-state index in [-0.39, 0.29) is 0 Å². The molecule has 3 aromatic rings. The Labute approximate surface area is 116 Å². The van der Waals surface area contributed by atoms with Crippen molar-refractivity contribution in [3.63, 3.8) is 0 Å². The molecule has 2 aromatic heterocycles. The van der Waals surface area contributed by atoms with Gasteiger partial charge in [0.25, 0.3) is 0 Å². The van der Waals surface area contributed by atoms with Crippen LogP contribution in [0.25, 0.3) is 5.65 Å². The number of benzene rings is 1. The second-order valence-electron chi connectivity index (χ2n) is 4.41. The summed E-state index contributed by atoms with van der Waals surface area (Å²) in [4.78, 5) is 10.6. The van der Waals surface area contributed by atoms with E-state index in [1.165, 1.54) is 0 Å². The average molecular weight is 269 g/mol. The highest BCUT2D eigenvalue weighted by Crippen LogP contribution is 2.28. The first-order valence-corrected chi connectivity index (χ1v) is 6.16. The number of anilines is 3. The smallest absolute Gasteiger partial charge is 0.180 e. The molecule has 0 aliphatic heterocycles. The molecule has 6 nitrogen and oxygen atoms in total. The van der Waals surface area contributed by atoms with E-state index < -0.39 is 0 Å². The number of aromatic nitrogens is 3. The van der Waals surface area contributed by atoms with Gasteiger partial charge in [-0.05, 0) is 12.1 Å². The number of fused-ring (bicyclic) bond motifs is 1. The van der Waals surface area contributed by atoms with Crippen LogP contribution in [0.5, 0.6) is 5.75 Å². The molecular weight excluding hydrogens is 254 g/mol. The molecule has 6 heteroatoms. The van der Waals surface area contributed by atoms with E-state index in [2.05, 4.69) is 9.97 Å². The van der Waals surface area contributed by atoms with E-state index in [4.69, 9.17) is 10.5 Å². The first-order chi connectivity index (χ1) is 9.69. The van der Waals surface area contributed by atoms with Gasteiger partial charge in [0.15, 0.2) is 11.5 Å². The summed E-state index contributed by atoms with van der Waals surface area (Å²) >= 11 is 0. The van der Waals surface area contributed by atoms with Crippen LogP contribution < -0.4 is 15.4 Å². The summed E-state index contributed by atoms with van der Waals surface area (Å²) in [5.41, 5.74) is 7.55. The summed E-state index contributed by atoms with van der Waals surface area (Å²) < 4.78 is 7.10. The summed E-state index contributed by atoms with van der Waals surface area (Å²) in [5, 5.41) is 0. The molecule has 0 bridgehead atoms. The van der Waals surface area contributed by atoms with Crippen LogP contribution in [0.15, 0.2) is 42.9 Å². The number of nitrogens with zero attached hydrogens (tertiary/aromatic N) is 4. The van der Waals surface area contributed by atoms with Gasteiger partial charge in [-0.1, -0.05) is 6.07 Å². The zero-order valence-corrected chi connectivity index (χ0v) is 11.3. The normalized spacial score (nSPS) is 10.7. The lowest BCUT2D eigenvalue weighted by Crippen LogP contribution is -2.14. The predicted octanol–water partition coefficient (Wildman–Crippen LogP) is 2.09. The average Bonchev–Trinajstić information content (AvgIpc) is 2.93. The van der Waals surface area contributed by atoms with Crippen LogP contribution in [0.3, 0.4) is 0 Å². The Kier molecular flexibility index (Phi) is 2.90. The third-order valence-corrected chi connectivity index (χ3v) is 3.13. The van der Waals surface area contributed by atoms with Gasteiger partial charge in [-0.25, -0.2) is 9.97 Å². The maximum atomic E-state index is 5.84. The van der Waals surface area contributed by atoms with Crippen LogP contribution in [0.1, 0.15) is 0 Å². The van der Waals surface area contributed by atoms with Gasteiger partial charge in [0, 0.05) is 31.2 Å². The minimum atomic E-state index is 0.445. The number of nitrogens with two attached hydrogens (primary N) is 1. The number of methoxy groups -OCH3 is 1. The van der Waals surface area contributed by atoms with Crippen molar-refractivity contribution in [2.45, 2.75) is 0 Å². The highest BCUT2D eigenvalue weighted by atomic mass is 16.5. The van der Waals surface area contributed by atoms with E-state index in [0.717, 1.165) is 17.1 Å². The topological polar surface area (TPSA) is 68.7 Å². The third-order valence-electron chi connectivity index (χ3n) is 3.13. The van der Waals surface area contributed by atoms with Crippen molar-refractivity contribution in [2.75, 3.05) is 24.8 Å². The molecule has 0 amide bonds. The van der Waals surface area contributed by atoms with Gasteiger partial charge in [0.05, 0.1) is 13.3 Å². The van der Waals surface area contributed by atoms with Crippen LogP contribution in [0.4, 0.5) is 17.3 Å².